The van der Waals surface area contributed by atoms with Crippen LogP contribution in [-0.4, -0.2) is 42.9 Å². The van der Waals surface area contributed by atoms with E-state index in [1.54, 1.807) is 18.2 Å². The molecule has 0 amide bonds. The largest absolute Gasteiger partial charge is 0.488 e. The van der Waals surface area contributed by atoms with Gasteiger partial charge in [0.1, 0.15) is 12.7 Å². The molecule has 114 valence electrons. The molecule has 0 aliphatic heterocycles. The van der Waals surface area contributed by atoms with E-state index in [2.05, 4.69) is 18.5 Å². The molecule has 0 spiro atoms. The van der Waals surface area contributed by atoms with Gasteiger partial charge in [-0.2, -0.15) is 11.8 Å². The van der Waals surface area contributed by atoms with Gasteiger partial charge in [-0.1, -0.05) is 36.2 Å². The van der Waals surface area contributed by atoms with Crippen molar-refractivity contribution in [3.63, 3.8) is 0 Å². The molecular formula is C14H21Cl2NO2S. The lowest BCUT2D eigenvalue weighted by atomic mass is 10.2. The molecule has 0 bridgehead atoms. The summed E-state index contributed by atoms with van der Waals surface area (Å²) in [6, 6.07) is 5.16. The van der Waals surface area contributed by atoms with E-state index in [0.717, 1.165) is 12.3 Å². The number of rotatable bonds is 9. The Kier molecular flexibility index (Phi) is 8.73. The van der Waals surface area contributed by atoms with Crippen molar-refractivity contribution in [2.75, 3.05) is 31.7 Å². The number of thioether (sulfide) groups is 1. The van der Waals surface area contributed by atoms with Crippen LogP contribution in [0, 0.1) is 5.92 Å². The van der Waals surface area contributed by atoms with Gasteiger partial charge in [-0.3, -0.25) is 0 Å². The van der Waals surface area contributed by atoms with Gasteiger partial charge in [-0.25, -0.2) is 0 Å². The minimum Gasteiger partial charge on any atom is -0.488 e. The van der Waals surface area contributed by atoms with Crippen molar-refractivity contribution in [1.29, 1.82) is 0 Å². The van der Waals surface area contributed by atoms with Gasteiger partial charge in [0, 0.05) is 6.54 Å². The number of hydrogen-bond donors (Lipinski definition) is 2. The Morgan fingerprint density at radius 1 is 1.30 bits per heavy atom. The van der Waals surface area contributed by atoms with Gasteiger partial charge in [-0.05, 0) is 36.6 Å². The molecule has 1 rings (SSSR count). The van der Waals surface area contributed by atoms with Crippen molar-refractivity contribution in [1.82, 2.24) is 5.32 Å². The van der Waals surface area contributed by atoms with Gasteiger partial charge in [0.15, 0.2) is 5.75 Å². The van der Waals surface area contributed by atoms with Crippen LogP contribution in [0.4, 0.5) is 0 Å². The summed E-state index contributed by atoms with van der Waals surface area (Å²) in [4.78, 5) is 0. The van der Waals surface area contributed by atoms with Crippen molar-refractivity contribution in [3.05, 3.63) is 28.2 Å². The Bertz CT molecular complexity index is 387. The van der Waals surface area contributed by atoms with Gasteiger partial charge in [0.25, 0.3) is 0 Å². The first-order valence-corrected chi connectivity index (χ1v) is 8.64. The summed E-state index contributed by atoms with van der Waals surface area (Å²) in [5, 5.41) is 14.0. The first-order valence-electron chi connectivity index (χ1n) is 6.49. The third kappa shape index (κ3) is 6.55. The lowest BCUT2D eigenvalue weighted by Gasteiger charge is -2.16. The van der Waals surface area contributed by atoms with Crippen LogP contribution in [0.5, 0.6) is 5.75 Å². The van der Waals surface area contributed by atoms with E-state index >= 15 is 0 Å². The molecule has 0 heterocycles. The molecule has 0 aromatic heterocycles. The molecule has 0 saturated carbocycles. The Morgan fingerprint density at radius 3 is 2.55 bits per heavy atom. The highest BCUT2D eigenvalue weighted by Crippen LogP contribution is 2.32. The lowest BCUT2D eigenvalue weighted by molar-refractivity contribution is 0.106. The molecule has 20 heavy (non-hydrogen) atoms. The number of aliphatic hydroxyl groups is 1. The highest BCUT2D eigenvalue weighted by molar-refractivity contribution is 7.98. The first kappa shape index (κ1) is 17.9. The highest BCUT2D eigenvalue weighted by Gasteiger charge is 2.10. The van der Waals surface area contributed by atoms with Gasteiger partial charge in [0.2, 0.25) is 0 Å². The fourth-order valence-electron chi connectivity index (χ4n) is 1.70. The summed E-state index contributed by atoms with van der Waals surface area (Å²) in [6.07, 6.45) is 1.50. The van der Waals surface area contributed by atoms with Crippen molar-refractivity contribution in [3.8, 4) is 5.75 Å². The fraction of sp³-hybridized carbons (Fsp3) is 0.571. The SMILES string of the molecule is CSCC(C)CNCC(O)COc1c(Cl)cccc1Cl. The van der Waals surface area contributed by atoms with Gasteiger partial charge in [0.05, 0.1) is 10.0 Å². The smallest absolute Gasteiger partial charge is 0.156 e. The van der Waals surface area contributed by atoms with E-state index in [-0.39, 0.29) is 6.61 Å². The quantitative estimate of drug-likeness (QED) is 0.725. The number of para-hydroxylation sites is 1. The van der Waals surface area contributed by atoms with Crippen LogP contribution in [0.25, 0.3) is 0 Å². The number of hydrogen-bond acceptors (Lipinski definition) is 4. The topological polar surface area (TPSA) is 41.5 Å². The van der Waals surface area contributed by atoms with Gasteiger partial charge >= 0.3 is 0 Å². The maximum Gasteiger partial charge on any atom is 0.156 e. The standard InChI is InChI=1S/C14H21Cl2NO2S/c1-10(9-20-2)6-17-7-11(18)8-19-14-12(15)4-3-5-13(14)16/h3-5,10-11,17-18H,6-9H2,1-2H3. The maximum absolute atomic E-state index is 9.86. The molecule has 0 saturated heterocycles. The molecule has 1 aromatic carbocycles. The summed E-state index contributed by atoms with van der Waals surface area (Å²) in [5.74, 6) is 2.11. The predicted molar refractivity (Wildman–Crippen MR) is 88.4 cm³/mol. The van der Waals surface area contributed by atoms with Crippen molar-refractivity contribution in [2.24, 2.45) is 5.92 Å². The first-order chi connectivity index (χ1) is 9.54. The zero-order valence-corrected chi connectivity index (χ0v) is 14.1. The number of ether oxygens (including phenoxy) is 1. The average Bonchev–Trinajstić information content (AvgIpc) is 2.38. The zero-order valence-electron chi connectivity index (χ0n) is 11.7. The minimum absolute atomic E-state index is 0.160. The molecular weight excluding hydrogens is 317 g/mol. The second-order valence-electron chi connectivity index (χ2n) is 4.73. The molecule has 2 N–H and O–H groups in total. The van der Waals surface area contributed by atoms with Crippen molar-refractivity contribution in [2.45, 2.75) is 13.0 Å². The van der Waals surface area contributed by atoms with Crippen LogP contribution >= 0.6 is 35.0 Å². The molecule has 6 heteroatoms. The van der Waals surface area contributed by atoms with Crippen LogP contribution in [0.15, 0.2) is 18.2 Å². The number of nitrogens with one attached hydrogen (secondary N) is 1. The molecule has 0 radical (unpaired) electrons. The average molecular weight is 338 g/mol. The third-order valence-electron chi connectivity index (χ3n) is 2.66. The molecule has 2 unspecified atom stereocenters. The fourth-order valence-corrected chi connectivity index (χ4v) is 2.89. The Labute approximate surface area is 135 Å². The number of halogens is 2. The van der Waals surface area contributed by atoms with E-state index in [0.29, 0.717) is 28.3 Å². The summed E-state index contributed by atoms with van der Waals surface area (Å²) in [5.41, 5.74) is 0. The Balaban J connectivity index is 2.28. The molecule has 0 aliphatic carbocycles. The predicted octanol–water partition coefficient (Wildman–Crippen LogP) is 3.32. The maximum atomic E-state index is 9.86. The monoisotopic (exact) mass is 337 g/mol. The molecule has 0 fully saturated rings. The van der Waals surface area contributed by atoms with E-state index in [4.69, 9.17) is 27.9 Å². The Hall–Kier alpha value is -0.130. The normalized spacial score (nSPS) is 14.1. The van der Waals surface area contributed by atoms with Crippen molar-refractivity contribution < 1.29 is 9.84 Å². The Morgan fingerprint density at radius 2 is 1.95 bits per heavy atom. The van der Waals surface area contributed by atoms with Crippen LogP contribution < -0.4 is 10.1 Å². The summed E-state index contributed by atoms with van der Waals surface area (Å²) in [6.45, 7) is 3.70. The van der Waals surface area contributed by atoms with E-state index in [1.165, 1.54) is 0 Å². The van der Waals surface area contributed by atoms with E-state index < -0.39 is 6.10 Å². The molecule has 1 aromatic rings. The van der Waals surface area contributed by atoms with E-state index in [1.807, 2.05) is 11.8 Å². The highest BCUT2D eigenvalue weighted by atomic mass is 35.5. The van der Waals surface area contributed by atoms with Gasteiger partial charge < -0.3 is 15.2 Å². The van der Waals surface area contributed by atoms with Crippen LogP contribution in [0.2, 0.25) is 10.0 Å². The molecule has 0 aliphatic rings. The summed E-state index contributed by atoms with van der Waals surface area (Å²) in [7, 11) is 0. The number of benzene rings is 1. The lowest BCUT2D eigenvalue weighted by Crippen LogP contribution is -2.34. The summed E-state index contributed by atoms with van der Waals surface area (Å²) >= 11 is 13.8. The zero-order chi connectivity index (χ0) is 15.0. The van der Waals surface area contributed by atoms with Gasteiger partial charge in [-0.15, -0.1) is 0 Å². The second-order valence-corrected chi connectivity index (χ2v) is 6.46. The van der Waals surface area contributed by atoms with Crippen LogP contribution in [0.3, 0.4) is 0 Å². The van der Waals surface area contributed by atoms with Crippen LogP contribution in [-0.2, 0) is 0 Å². The molecule has 3 nitrogen and oxygen atoms in total. The van der Waals surface area contributed by atoms with E-state index in [9.17, 15) is 5.11 Å². The summed E-state index contributed by atoms with van der Waals surface area (Å²) < 4.78 is 5.48. The molecule has 2 atom stereocenters. The second kappa shape index (κ2) is 9.74. The third-order valence-corrected chi connectivity index (χ3v) is 4.16. The van der Waals surface area contributed by atoms with Crippen molar-refractivity contribution >= 4 is 35.0 Å². The minimum atomic E-state index is -0.594. The number of aliphatic hydroxyl groups excluding tert-OH is 1. The van der Waals surface area contributed by atoms with Crippen LogP contribution in [0.1, 0.15) is 6.92 Å².